The van der Waals surface area contributed by atoms with Gasteiger partial charge in [-0.2, -0.15) is 0 Å². The first kappa shape index (κ1) is 29.4. The average molecular weight is 241 g/mol. The topological polar surface area (TPSA) is 0 Å². The van der Waals surface area contributed by atoms with Gasteiger partial charge in [-0.3, -0.25) is 18.8 Å². The van der Waals surface area contributed by atoms with Crippen molar-refractivity contribution in [3.63, 3.8) is 0 Å². The Morgan fingerprint density at radius 2 is 1.15 bits per heavy atom. The molecule has 0 aliphatic carbocycles. The molecule has 82 valence electrons. The lowest BCUT2D eigenvalue weighted by molar-refractivity contribution is 1.11. The van der Waals surface area contributed by atoms with Gasteiger partial charge in [0.2, 0.25) is 0 Å². The molecule has 1 rings (SSSR count). The second-order valence-electron chi connectivity index (χ2n) is 1.84. The van der Waals surface area contributed by atoms with Gasteiger partial charge in [0.1, 0.15) is 0 Å². The number of hydrogen-bond donors (Lipinski definition) is 1. The fourth-order valence-electron chi connectivity index (χ4n) is 0.545. The van der Waals surface area contributed by atoms with Crippen LogP contribution in [0.15, 0.2) is 29.2 Å². The zero-order valence-electron chi connectivity index (χ0n) is 6.80. The predicted molar refractivity (Wildman–Crippen MR) is 55.7 cm³/mol. The van der Waals surface area contributed by atoms with Crippen LogP contribution < -0.4 is 0 Å². The monoisotopic (exact) mass is 240 g/mol. The van der Waals surface area contributed by atoms with E-state index in [2.05, 4.69) is 19.6 Å². The van der Waals surface area contributed by atoms with Crippen LogP contribution in [0.1, 0.15) is 5.56 Å². The van der Waals surface area contributed by atoms with Crippen molar-refractivity contribution in [2.75, 3.05) is 0 Å². The lowest BCUT2D eigenvalue weighted by atomic mass is 10.2. The molecule has 6 heteroatoms. The summed E-state index contributed by atoms with van der Waals surface area (Å²) in [6, 6.07) is 8.06. The Bertz CT molecular complexity index is 159. The average Bonchev–Trinajstić information content (AvgIpc) is 1.77. The van der Waals surface area contributed by atoms with Gasteiger partial charge in [0.25, 0.3) is 0 Å². The number of halogens is 5. The summed E-state index contributed by atoms with van der Waals surface area (Å²) in [4.78, 5) is 1.02. The molecule has 0 aromatic heterocycles. The maximum atomic E-state index is 4.13. The van der Waals surface area contributed by atoms with Gasteiger partial charge in [0, 0.05) is 4.90 Å². The molecule has 0 unspecified atom stereocenters. The van der Waals surface area contributed by atoms with E-state index >= 15 is 0 Å². The van der Waals surface area contributed by atoms with Crippen LogP contribution in [0.3, 0.4) is 0 Å². The minimum absolute atomic E-state index is 0. The van der Waals surface area contributed by atoms with Crippen molar-refractivity contribution in [2.45, 2.75) is 11.8 Å². The Morgan fingerprint density at radius 3 is 1.38 bits per heavy atom. The second kappa shape index (κ2) is 14.1. The van der Waals surface area contributed by atoms with E-state index in [4.69, 9.17) is 0 Å². The molecular formula is C7H13ClF4S. The fraction of sp³-hybridized carbons (Fsp3) is 0.143. The summed E-state index contributed by atoms with van der Waals surface area (Å²) in [7, 11) is 0. The van der Waals surface area contributed by atoms with Crippen LogP contribution in [0.2, 0.25) is 0 Å². The number of thiol groups is 1. The van der Waals surface area contributed by atoms with Crippen LogP contribution >= 0.6 is 25.0 Å². The molecule has 0 aliphatic rings. The van der Waals surface area contributed by atoms with Crippen molar-refractivity contribution in [1.82, 2.24) is 0 Å². The largest absolute Gasteiger partial charge is 0.269 e. The highest BCUT2D eigenvalue weighted by Gasteiger charge is 1.80. The molecule has 1 aromatic carbocycles. The van der Waals surface area contributed by atoms with Crippen molar-refractivity contribution in [2.24, 2.45) is 0 Å². The SMILES string of the molecule is Cc1ccc(S)cc1.Cl.F.F.F.F. The first-order valence-electron chi connectivity index (χ1n) is 2.54. The Kier molecular flexibility index (Phi) is 31.9. The molecule has 1 aromatic rings. The van der Waals surface area contributed by atoms with Gasteiger partial charge in [-0.25, -0.2) is 0 Å². The van der Waals surface area contributed by atoms with Gasteiger partial charge in [-0.1, -0.05) is 17.7 Å². The van der Waals surface area contributed by atoms with Gasteiger partial charge in [-0.05, 0) is 19.1 Å². The summed E-state index contributed by atoms with van der Waals surface area (Å²) in [5.74, 6) is 0. The van der Waals surface area contributed by atoms with Gasteiger partial charge >= 0.3 is 0 Å². The van der Waals surface area contributed by atoms with E-state index in [1.54, 1.807) is 0 Å². The molecular weight excluding hydrogens is 228 g/mol. The van der Waals surface area contributed by atoms with Gasteiger partial charge < -0.3 is 0 Å². The summed E-state index contributed by atoms with van der Waals surface area (Å²) >= 11 is 4.13. The van der Waals surface area contributed by atoms with Crippen LogP contribution in [0.25, 0.3) is 0 Å². The number of aryl methyl sites for hydroxylation is 1. The second-order valence-corrected chi connectivity index (χ2v) is 2.35. The molecule has 0 heterocycles. The zero-order valence-corrected chi connectivity index (χ0v) is 8.51. The maximum absolute atomic E-state index is 4.13. The van der Waals surface area contributed by atoms with E-state index in [1.807, 2.05) is 24.3 Å². The predicted octanol–water partition coefficient (Wildman–Crippen LogP) is 3.32. The maximum Gasteiger partial charge on any atom is 0.00401 e. The molecule has 0 aliphatic heterocycles. The molecule has 0 radical (unpaired) electrons. The minimum atomic E-state index is 0. The smallest absolute Gasteiger partial charge is 0.00401 e. The van der Waals surface area contributed by atoms with Crippen LogP contribution in [0.4, 0.5) is 18.8 Å². The van der Waals surface area contributed by atoms with Gasteiger partial charge in [0.05, 0.1) is 0 Å². The van der Waals surface area contributed by atoms with Crippen molar-refractivity contribution in [1.29, 1.82) is 0 Å². The first-order valence-corrected chi connectivity index (χ1v) is 2.99. The molecule has 0 saturated carbocycles. The molecule has 0 N–H and O–H groups in total. The van der Waals surface area contributed by atoms with Gasteiger partial charge in [-0.15, -0.1) is 25.0 Å². The Balaban J connectivity index is -0.0000000427. The van der Waals surface area contributed by atoms with E-state index in [1.165, 1.54) is 5.56 Å². The third kappa shape index (κ3) is 11.6. The number of rotatable bonds is 0. The van der Waals surface area contributed by atoms with Crippen LogP contribution in [-0.4, -0.2) is 0 Å². The number of hydrogen-bond acceptors (Lipinski definition) is 1. The fourth-order valence-corrected chi connectivity index (χ4v) is 0.694. The standard InChI is InChI=1S/C7H8S.ClH.4FH/c1-6-2-4-7(8)5-3-6;;;;;/h2-5,8H,1H3;5*1H. The number of benzene rings is 1. The highest BCUT2D eigenvalue weighted by molar-refractivity contribution is 7.80. The highest BCUT2D eigenvalue weighted by atomic mass is 35.5. The lowest BCUT2D eigenvalue weighted by Crippen LogP contribution is -1.67. The quantitative estimate of drug-likeness (QED) is 0.522. The van der Waals surface area contributed by atoms with E-state index in [0.29, 0.717) is 0 Å². The third-order valence-corrected chi connectivity index (χ3v) is 1.33. The molecule has 0 amide bonds. The van der Waals surface area contributed by atoms with E-state index in [0.717, 1.165) is 4.90 Å². The molecule has 0 saturated heterocycles. The van der Waals surface area contributed by atoms with E-state index in [-0.39, 0.29) is 31.2 Å². The van der Waals surface area contributed by atoms with Crippen LogP contribution in [0.5, 0.6) is 0 Å². The summed E-state index contributed by atoms with van der Waals surface area (Å²) in [5, 5.41) is 0. The highest BCUT2D eigenvalue weighted by Crippen LogP contribution is 2.05. The third-order valence-electron chi connectivity index (χ3n) is 1.03. The van der Waals surface area contributed by atoms with Crippen molar-refractivity contribution < 1.29 is 18.8 Å². The first-order chi connectivity index (χ1) is 3.79. The molecule has 0 atom stereocenters. The van der Waals surface area contributed by atoms with Crippen molar-refractivity contribution in [3.8, 4) is 0 Å². The zero-order chi connectivity index (χ0) is 5.98. The normalized spacial score (nSPS) is 5.69. The Hall–Kier alpha value is -0.420. The summed E-state index contributed by atoms with van der Waals surface area (Å²) in [6.45, 7) is 2.06. The Labute approximate surface area is 86.0 Å². The van der Waals surface area contributed by atoms with E-state index < -0.39 is 0 Å². The van der Waals surface area contributed by atoms with Gasteiger partial charge in [0.15, 0.2) is 0 Å². The molecule has 0 spiro atoms. The Morgan fingerprint density at radius 1 is 0.846 bits per heavy atom. The van der Waals surface area contributed by atoms with Crippen molar-refractivity contribution in [3.05, 3.63) is 29.8 Å². The molecule has 0 bridgehead atoms. The van der Waals surface area contributed by atoms with Crippen molar-refractivity contribution >= 4 is 25.0 Å². The summed E-state index contributed by atoms with van der Waals surface area (Å²) < 4.78 is 0. The molecule has 13 heavy (non-hydrogen) atoms. The lowest BCUT2D eigenvalue weighted by Gasteiger charge is -1.89. The molecule has 0 fully saturated rings. The van der Waals surface area contributed by atoms with Crippen LogP contribution in [-0.2, 0) is 0 Å². The van der Waals surface area contributed by atoms with Crippen LogP contribution in [0, 0.1) is 6.92 Å². The summed E-state index contributed by atoms with van der Waals surface area (Å²) in [6.07, 6.45) is 0. The molecule has 0 nitrogen and oxygen atoms in total. The summed E-state index contributed by atoms with van der Waals surface area (Å²) in [5.41, 5.74) is 1.28. The van der Waals surface area contributed by atoms with E-state index in [9.17, 15) is 0 Å². The minimum Gasteiger partial charge on any atom is -0.269 e.